The number of carbonyl (C=O) groups is 1. The molecule has 1 saturated carbocycles. The van der Waals surface area contributed by atoms with Crippen molar-refractivity contribution in [2.45, 2.75) is 90.3 Å². The molecule has 0 aromatic carbocycles. The lowest BCUT2D eigenvalue weighted by atomic mass is 9.91. The Morgan fingerprint density at radius 2 is 1.87 bits per heavy atom. The second-order valence-corrected chi connectivity index (χ2v) is 8.49. The maximum atomic E-state index is 12.8. The van der Waals surface area contributed by atoms with Gasteiger partial charge in [0.1, 0.15) is 11.6 Å². The molecule has 1 aliphatic carbocycles. The highest BCUT2D eigenvalue weighted by molar-refractivity contribution is 5.76. The van der Waals surface area contributed by atoms with Crippen molar-refractivity contribution in [3.63, 3.8) is 0 Å². The summed E-state index contributed by atoms with van der Waals surface area (Å²) in [4.78, 5) is 15.2. The van der Waals surface area contributed by atoms with Crippen molar-refractivity contribution >= 4 is 5.97 Å². The summed E-state index contributed by atoms with van der Waals surface area (Å²) in [7, 11) is 0. The standard InChI is InChI=1S/C19H36N2O2/c1-15-14-21(12-11-20-15)17(18(22)23-19(2,3)4)13-16-9-7-5-6-8-10-16/h15-17,20H,5-14H2,1-4H3/t15-,17-/m0/s1. The van der Waals surface area contributed by atoms with E-state index in [-0.39, 0.29) is 12.0 Å². The van der Waals surface area contributed by atoms with Gasteiger partial charge >= 0.3 is 5.97 Å². The fourth-order valence-corrected chi connectivity index (χ4v) is 3.92. The first-order chi connectivity index (χ1) is 10.8. The number of ether oxygens (including phenoxy) is 1. The van der Waals surface area contributed by atoms with Gasteiger partial charge < -0.3 is 10.1 Å². The Morgan fingerprint density at radius 1 is 1.22 bits per heavy atom. The number of hydrogen-bond donors (Lipinski definition) is 1. The van der Waals surface area contributed by atoms with Crippen LogP contribution in [0.15, 0.2) is 0 Å². The van der Waals surface area contributed by atoms with Gasteiger partial charge in [-0.2, -0.15) is 0 Å². The Balaban J connectivity index is 2.04. The minimum Gasteiger partial charge on any atom is -0.459 e. The van der Waals surface area contributed by atoms with Crippen LogP contribution in [0.1, 0.15) is 72.6 Å². The average molecular weight is 325 g/mol. The molecule has 1 saturated heterocycles. The molecule has 0 aromatic heterocycles. The molecule has 2 fully saturated rings. The van der Waals surface area contributed by atoms with Crippen molar-refractivity contribution in [3.8, 4) is 0 Å². The molecular weight excluding hydrogens is 288 g/mol. The summed E-state index contributed by atoms with van der Waals surface area (Å²) in [6.45, 7) is 10.9. The van der Waals surface area contributed by atoms with Crippen molar-refractivity contribution in [3.05, 3.63) is 0 Å². The van der Waals surface area contributed by atoms with E-state index in [1.165, 1.54) is 38.5 Å². The monoisotopic (exact) mass is 324 g/mol. The minimum atomic E-state index is -0.404. The Labute approximate surface area is 142 Å². The minimum absolute atomic E-state index is 0.0177. The summed E-state index contributed by atoms with van der Waals surface area (Å²) in [5, 5.41) is 3.47. The lowest BCUT2D eigenvalue weighted by molar-refractivity contribution is -0.162. The molecule has 4 heteroatoms. The van der Waals surface area contributed by atoms with E-state index >= 15 is 0 Å². The average Bonchev–Trinajstić information content (AvgIpc) is 2.71. The van der Waals surface area contributed by atoms with Crippen LogP contribution in [-0.2, 0) is 9.53 Å². The molecule has 1 aliphatic heterocycles. The van der Waals surface area contributed by atoms with Crippen LogP contribution in [0.5, 0.6) is 0 Å². The number of nitrogens with zero attached hydrogens (tertiary/aromatic N) is 1. The second-order valence-electron chi connectivity index (χ2n) is 8.49. The van der Waals surface area contributed by atoms with Gasteiger partial charge in [0, 0.05) is 25.7 Å². The maximum absolute atomic E-state index is 12.8. The van der Waals surface area contributed by atoms with Gasteiger partial charge in [0.25, 0.3) is 0 Å². The van der Waals surface area contributed by atoms with Crippen LogP contribution in [0, 0.1) is 5.92 Å². The van der Waals surface area contributed by atoms with Crippen LogP contribution < -0.4 is 5.32 Å². The van der Waals surface area contributed by atoms with Gasteiger partial charge in [-0.25, -0.2) is 0 Å². The van der Waals surface area contributed by atoms with Gasteiger partial charge in [-0.1, -0.05) is 38.5 Å². The summed E-state index contributed by atoms with van der Waals surface area (Å²) < 4.78 is 5.76. The molecule has 4 nitrogen and oxygen atoms in total. The van der Waals surface area contributed by atoms with Crippen LogP contribution in [0.25, 0.3) is 0 Å². The highest BCUT2D eigenvalue weighted by Crippen LogP contribution is 2.29. The molecule has 0 bridgehead atoms. The van der Waals surface area contributed by atoms with E-state index in [2.05, 4.69) is 17.1 Å². The number of hydrogen-bond acceptors (Lipinski definition) is 4. The Kier molecular flexibility index (Phi) is 6.90. The molecule has 1 N–H and O–H groups in total. The number of piperazine rings is 1. The predicted molar refractivity (Wildman–Crippen MR) is 94.5 cm³/mol. The van der Waals surface area contributed by atoms with Gasteiger partial charge in [0.2, 0.25) is 0 Å². The molecule has 0 aromatic rings. The fourth-order valence-electron chi connectivity index (χ4n) is 3.92. The van der Waals surface area contributed by atoms with Crippen molar-refractivity contribution in [1.29, 1.82) is 0 Å². The first-order valence-electron chi connectivity index (χ1n) is 9.55. The van der Waals surface area contributed by atoms with Crippen LogP contribution in [-0.4, -0.2) is 48.2 Å². The largest absolute Gasteiger partial charge is 0.459 e. The molecule has 0 unspecified atom stereocenters. The number of carbonyl (C=O) groups excluding carboxylic acids is 1. The van der Waals surface area contributed by atoms with Crippen LogP contribution in [0.2, 0.25) is 0 Å². The quantitative estimate of drug-likeness (QED) is 0.636. The van der Waals surface area contributed by atoms with Crippen LogP contribution in [0.3, 0.4) is 0 Å². The molecule has 2 rings (SSSR count). The van der Waals surface area contributed by atoms with Gasteiger partial charge in [-0.15, -0.1) is 0 Å². The molecule has 0 radical (unpaired) electrons. The first-order valence-corrected chi connectivity index (χ1v) is 9.55. The van der Waals surface area contributed by atoms with E-state index < -0.39 is 5.60 Å². The highest BCUT2D eigenvalue weighted by atomic mass is 16.6. The Bertz CT molecular complexity index is 370. The van der Waals surface area contributed by atoms with E-state index in [1.807, 2.05) is 20.8 Å². The zero-order valence-electron chi connectivity index (χ0n) is 15.6. The molecular formula is C19H36N2O2. The molecule has 134 valence electrons. The van der Waals surface area contributed by atoms with E-state index in [4.69, 9.17) is 4.74 Å². The molecule has 2 atom stereocenters. The van der Waals surface area contributed by atoms with E-state index in [9.17, 15) is 4.79 Å². The molecule has 0 spiro atoms. The van der Waals surface area contributed by atoms with Crippen LogP contribution >= 0.6 is 0 Å². The lowest BCUT2D eigenvalue weighted by Crippen LogP contribution is -2.56. The maximum Gasteiger partial charge on any atom is 0.323 e. The number of rotatable bonds is 4. The predicted octanol–water partition coefficient (Wildman–Crippen LogP) is 3.35. The normalized spacial score (nSPS) is 26.5. The summed E-state index contributed by atoms with van der Waals surface area (Å²) >= 11 is 0. The van der Waals surface area contributed by atoms with Gasteiger partial charge in [-0.05, 0) is 40.0 Å². The van der Waals surface area contributed by atoms with Crippen molar-refractivity contribution in [2.75, 3.05) is 19.6 Å². The summed E-state index contributed by atoms with van der Waals surface area (Å²) in [6, 6.07) is 0.379. The molecule has 1 heterocycles. The molecule has 23 heavy (non-hydrogen) atoms. The van der Waals surface area contributed by atoms with Gasteiger partial charge in [0.15, 0.2) is 0 Å². The zero-order valence-corrected chi connectivity index (χ0v) is 15.6. The third-order valence-electron chi connectivity index (χ3n) is 5.05. The van der Waals surface area contributed by atoms with E-state index in [1.54, 1.807) is 0 Å². The third-order valence-corrected chi connectivity index (χ3v) is 5.05. The number of nitrogens with one attached hydrogen (secondary N) is 1. The fraction of sp³-hybridized carbons (Fsp3) is 0.947. The Morgan fingerprint density at radius 3 is 2.43 bits per heavy atom. The first kappa shape index (κ1) is 18.7. The molecule has 2 aliphatic rings. The van der Waals surface area contributed by atoms with Crippen molar-refractivity contribution < 1.29 is 9.53 Å². The highest BCUT2D eigenvalue weighted by Gasteiger charge is 2.34. The third kappa shape index (κ3) is 6.42. The smallest absolute Gasteiger partial charge is 0.323 e. The SMILES string of the molecule is C[C@H]1CN([C@@H](CC2CCCCCC2)C(=O)OC(C)(C)C)CCN1. The van der Waals surface area contributed by atoms with E-state index in [0.717, 1.165) is 26.1 Å². The van der Waals surface area contributed by atoms with Gasteiger partial charge in [0.05, 0.1) is 0 Å². The Hall–Kier alpha value is -0.610. The van der Waals surface area contributed by atoms with Gasteiger partial charge in [-0.3, -0.25) is 9.69 Å². The summed E-state index contributed by atoms with van der Waals surface area (Å²) in [5.41, 5.74) is -0.404. The van der Waals surface area contributed by atoms with Crippen molar-refractivity contribution in [2.24, 2.45) is 5.92 Å². The van der Waals surface area contributed by atoms with E-state index in [0.29, 0.717) is 12.0 Å². The lowest BCUT2D eigenvalue weighted by Gasteiger charge is -2.38. The van der Waals surface area contributed by atoms with Crippen LogP contribution in [0.4, 0.5) is 0 Å². The summed E-state index contributed by atoms with van der Waals surface area (Å²) in [6.07, 6.45) is 8.90. The topological polar surface area (TPSA) is 41.6 Å². The second kappa shape index (κ2) is 8.48. The zero-order chi connectivity index (χ0) is 16.9. The molecule has 0 amide bonds. The number of esters is 1. The van der Waals surface area contributed by atoms with Crippen molar-refractivity contribution in [1.82, 2.24) is 10.2 Å². The summed E-state index contributed by atoms with van der Waals surface area (Å²) in [5.74, 6) is 0.663.